The lowest BCUT2D eigenvalue weighted by Crippen LogP contribution is -2.55. The molecule has 2 atom stereocenters. The van der Waals surface area contributed by atoms with E-state index in [4.69, 9.17) is 4.74 Å². The van der Waals surface area contributed by atoms with Gasteiger partial charge in [0.25, 0.3) is 0 Å². The van der Waals surface area contributed by atoms with Gasteiger partial charge in [-0.1, -0.05) is 30.3 Å². The fourth-order valence-electron chi connectivity index (χ4n) is 4.20. The van der Waals surface area contributed by atoms with Crippen molar-refractivity contribution >= 4 is 34.7 Å². The van der Waals surface area contributed by atoms with Crippen LogP contribution in [0.2, 0.25) is 0 Å². The van der Waals surface area contributed by atoms with Crippen LogP contribution in [-0.2, 0) is 36.8 Å². The first-order chi connectivity index (χ1) is 17.4. The molecule has 2 aromatic rings. The second-order valence-electron chi connectivity index (χ2n) is 8.93. The fraction of sp³-hybridized carbons (Fsp3) is 0.500. The smallest absolute Gasteiger partial charge is 0.245 e. The highest BCUT2D eigenvalue weighted by Crippen LogP contribution is 2.26. The van der Waals surface area contributed by atoms with Gasteiger partial charge >= 0.3 is 0 Å². The van der Waals surface area contributed by atoms with E-state index in [2.05, 4.69) is 15.6 Å². The number of amides is 2. The van der Waals surface area contributed by atoms with E-state index < -0.39 is 35.7 Å². The van der Waals surface area contributed by atoms with Crippen LogP contribution in [0.4, 0.5) is 4.39 Å². The van der Waals surface area contributed by atoms with Crippen LogP contribution in [0.15, 0.2) is 41.9 Å². The van der Waals surface area contributed by atoms with Crippen molar-refractivity contribution in [1.29, 1.82) is 0 Å². The third-order valence-electron chi connectivity index (χ3n) is 6.23. The molecule has 3 rings (SSSR count). The van der Waals surface area contributed by atoms with Crippen molar-refractivity contribution in [2.45, 2.75) is 63.2 Å². The van der Waals surface area contributed by atoms with Gasteiger partial charge in [0.1, 0.15) is 12.2 Å². The Morgan fingerprint density at radius 3 is 2.44 bits per heavy atom. The minimum Gasteiger partial charge on any atom is -0.382 e. The average molecular weight is 518 g/mol. The average Bonchev–Trinajstić information content (AvgIpc) is 3.41. The maximum Gasteiger partial charge on any atom is 0.245 e. The largest absolute Gasteiger partial charge is 0.382 e. The molecule has 0 bridgehead atoms. The lowest BCUT2D eigenvalue weighted by molar-refractivity contribution is -0.139. The zero-order valence-electron chi connectivity index (χ0n) is 20.3. The molecule has 1 aromatic heterocycles. The summed E-state index contributed by atoms with van der Waals surface area (Å²) in [4.78, 5) is 55.8. The van der Waals surface area contributed by atoms with Gasteiger partial charge in [-0.05, 0) is 31.2 Å². The van der Waals surface area contributed by atoms with Crippen LogP contribution in [-0.4, -0.2) is 60.3 Å². The summed E-state index contributed by atoms with van der Waals surface area (Å²) < 4.78 is 18.6. The molecular formula is C26H32FN3O5S. The van der Waals surface area contributed by atoms with Gasteiger partial charge in [-0.15, -0.1) is 11.3 Å². The number of halogens is 1. The maximum absolute atomic E-state index is 13.5. The second kappa shape index (κ2) is 13.9. The van der Waals surface area contributed by atoms with Crippen LogP contribution >= 0.6 is 11.3 Å². The Bertz CT molecular complexity index is 1010. The second-order valence-corrected chi connectivity index (χ2v) is 9.91. The summed E-state index contributed by atoms with van der Waals surface area (Å²) in [5, 5.41) is 7.90. The van der Waals surface area contributed by atoms with Crippen molar-refractivity contribution in [1.82, 2.24) is 15.6 Å². The van der Waals surface area contributed by atoms with Crippen molar-refractivity contribution in [2.24, 2.45) is 5.92 Å². The van der Waals surface area contributed by atoms with E-state index in [0.29, 0.717) is 32.1 Å². The van der Waals surface area contributed by atoms with Crippen LogP contribution in [0, 0.1) is 5.92 Å². The standard InChI is InChI=1S/C26H32FN3O5S/c1-35-16-21(30-25(33)18-7-9-19(27)10-8-18)26(34)29-20(15-17-5-3-2-4-6-17)24(32)22(31)11-12-23-28-13-14-36-23/h2-6,13-14,18-21H,7-12,15-16H2,1H3,(H,29,34)(H,30,33)/t18?,19?,20-,21-/m1/s1. The van der Waals surface area contributed by atoms with Crippen molar-refractivity contribution in [3.63, 3.8) is 0 Å². The van der Waals surface area contributed by atoms with Gasteiger partial charge in [0, 0.05) is 43.9 Å². The molecule has 2 N–H and O–H groups in total. The molecular weight excluding hydrogens is 485 g/mol. The zero-order chi connectivity index (χ0) is 25.9. The molecule has 0 radical (unpaired) electrons. The number of nitrogens with zero attached hydrogens (tertiary/aromatic N) is 1. The highest BCUT2D eigenvalue weighted by molar-refractivity contribution is 7.09. The monoisotopic (exact) mass is 517 g/mol. The first kappa shape index (κ1) is 27.6. The number of nitrogens with one attached hydrogen (secondary N) is 2. The number of ether oxygens (including phenoxy) is 1. The van der Waals surface area contributed by atoms with Gasteiger partial charge in [0.2, 0.25) is 23.4 Å². The molecule has 1 fully saturated rings. The number of thiazole rings is 1. The van der Waals surface area contributed by atoms with Gasteiger partial charge < -0.3 is 15.4 Å². The molecule has 2 amide bonds. The Morgan fingerprint density at radius 1 is 1.08 bits per heavy atom. The third-order valence-corrected chi connectivity index (χ3v) is 7.07. The number of alkyl halides is 1. The summed E-state index contributed by atoms with van der Waals surface area (Å²) in [7, 11) is 1.40. The molecule has 0 aliphatic heterocycles. The minimum absolute atomic E-state index is 0.0109. The molecule has 1 aliphatic rings. The van der Waals surface area contributed by atoms with E-state index in [1.807, 2.05) is 30.3 Å². The molecule has 8 nitrogen and oxygen atoms in total. The molecule has 10 heteroatoms. The number of hydrogen-bond acceptors (Lipinski definition) is 7. The number of aromatic nitrogens is 1. The lowest BCUT2D eigenvalue weighted by Gasteiger charge is -2.26. The molecule has 1 heterocycles. The predicted molar refractivity (Wildman–Crippen MR) is 133 cm³/mol. The van der Waals surface area contributed by atoms with Gasteiger partial charge in [0.15, 0.2) is 0 Å². The molecule has 36 heavy (non-hydrogen) atoms. The molecule has 0 saturated heterocycles. The first-order valence-corrected chi connectivity index (χ1v) is 13.0. The number of carbonyl (C=O) groups excluding carboxylic acids is 4. The van der Waals surface area contributed by atoms with E-state index in [0.717, 1.165) is 10.6 Å². The number of hydrogen-bond donors (Lipinski definition) is 2. The molecule has 194 valence electrons. The topological polar surface area (TPSA) is 114 Å². The van der Waals surface area contributed by atoms with E-state index in [-0.39, 0.29) is 31.3 Å². The van der Waals surface area contributed by atoms with Crippen LogP contribution in [0.5, 0.6) is 0 Å². The number of rotatable bonds is 13. The SMILES string of the molecule is COC[C@@H](NC(=O)C1CCC(F)CC1)C(=O)N[C@H](Cc1ccccc1)C(=O)C(=O)CCc1nccs1. The summed E-state index contributed by atoms with van der Waals surface area (Å²) in [6, 6.07) is 6.92. The molecule has 0 spiro atoms. The zero-order valence-corrected chi connectivity index (χ0v) is 21.1. The number of benzene rings is 1. The highest BCUT2D eigenvalue weighted by atomic mass is 32.1. The number of Topliss-reactive ketones (excluding diaryl/α,β-unsaturated/α-hetero) is 2. The summed E-state index contributed by atoms with van der Waals surface area (Å²) >= 11 is 1.41. The van der Waals surface area contributed by atoms with E-state index >= 15 is 0 Å². The van der Waals surface area contributed by atoms with Crippen LogP contribution < -0.4 is 10.6 Å². The van der Waals surface area contributed by atoms with Crippen LogP contribution in [0.1, 0.15) is 42.7 Å². The summed E-state index contributed by atoms with van der Waals surface area (Å²) in [5.74, 6) is -2.64. The van der Waals surface area contributed by atoms with Crippen molar-refractivity contribution < 1.29 is 28.3 Å². The van der Waals surface area contributed by atoms with E-state index in [1.54, 1.807) is 11.6 Å². The number of aryl methyl sites for hydroxylation is 1. The van der Waals surface area contributed by atoms with Gasteiger partial charge in [-0.3, -0.25) is 19.2 Å². The van der Waals surface area contributed by atoms with Gasteiger partial charge in [-0.25, -0.2) is 9.37 Å². The number of methoxy groups -OCH3 is 1. The van der Waals surface area contributed by atoms with Crippen molar-refractivity contribution in [3.8, 4) is 0 Å². The lowest BCUT2D eigenvalue weighted by atomic mass is 9.87. The molecule has 1 aliphatic carbocycles. The molecule has 0 unspecified atom stereocenters. The first-order valence-electron chi connectivity index (χ1n) is 12.1. The van der Waals surface area contributed by atoms with E-state index in [1.165, 1.54) is 18.4 Å². The summed E-state index contributed by atoms with van der Waals surface area (Å²) in [6.45, 7) is -0.111. The highest BCUT2D eigenvalue weighted by Gasteiger charge is 2.32. The quantitative estimate of drug-likeness (QED) is 0.395. The van der Waals surface area contributed by atoms with E-state index in [9.17, 15) is 23.6 Å². The summed E-state index contributed by atoms with van der Waals surface area (Å²) in [5.41, 5.74) is 0.777. The fourth-order valence-corrected chi connectivity index (χ4v) is 4.82. The van der Waals surface area contributed by atoms with Crippen molar-refractivity contribution in [3.05, 3.63) is 52.5 Å². The Hall–Kier alpha value is -2.98. The Morgan fingerprint density at radius 2 is 1.81 bits per heavy atom. The number of carbonyl (C=O) groups is 4. The summed E-state index contributed by atoms with van der Waals surface area (Å²) in [6.07, 6.45) is 2.66. The van der Waals surface area contributed by atoms with Crippen LogP contribution in [0.3, 0.4) is 0 Å². The Kier molecular flexibility index (Phi) is 10.7. The predicted octanol–water partition coefficient (Wildman–Crippen LogP) is 2.60. The normalized spacial score (nSPS) is 19.2. The molecule has 1 saturated carbocycles. The van der Waals surface area contributed by atoms with Gasteiger partial charge in [-0.2, -0.15) is 0 Å². The molecule has 1 aromatic carbocycles. The maximum atomic E-state index is 13.5. The van der Waals surface area contributed by atoms with Crippen molar-refractivity contribution in [2.75, 3.05) is 13.7 Å². The van der Waals surface area contributed by atoms with Crippen LogP contribution in [0.25, 0.3) is 0 Å². The number of ketones is 2. The third kappa shape index (κ3) is 8.30. The Labute approximate surface area is 214 Å². The minimum atomic E-state index is -1.10. The Balaban J connectivity index is 1.67. The van der Waals surface area contributed by atoms with Gasteiger partial charge in [0.05, 0.1) is 17.7 Å².